The third kappa shape index (κ3) is 6.91. The highest BCUT2D eigenvalue weighted by molar-refractivity contribution is 7.86. The molecule has 1 aliphatic rings. The quantitative estimate of drug-likeness (QED) is 0.180. The van der Waals surface area contributed by atoms with Crippen LogP contribution in [0.1, 0.15) is 18.4 Å². The van der Waals surface area contributed by atoms with E-state index in [0.29, 0.717) is 16.5 Å². The third-order valence-electron chi connectivity index (χ3n) is 5.65. The molecular weight excluding hydrogens is 565 g/mol. The molecular formula is C24H22ClF3N4O4S2. The van der Waals surface area contributed by atoms with Crippen molar-refractivity contribution in [3.05, 3.63) is 65.4 Å². The smallest absolute Gasteiger partial charge is 0.508 e. The molecule has 0 saturated carbocycles. The van der Waals surface area contributed by atoms with Crippen LogP contribution in [0.15, 0.2) is 54.9 Å². The first-order chi connectivity index (χ1) is 17.9. The summed E-state index contributed by atoms with van der Waals surface area (Å²) in [5, 5.41) is 13.5. The van der Waals surface area contributed by atoms with E-state index in [0.717, 1.165) is 21.6 Å². The van der Waals surface area contributed by atoms with E-state index in [2.05, 4.69) is 50.5 Å². The van der Waals surface area contributed by atoms with Crippen LogP contribution in [0.2, 0.25) is 5.02 Å². The molecule has 1 fully saturated rings. The van der Waals surface area contributed by atoms with Gasteiger partial charge in [0.1, 0.15) is 12.1 Å². The number of thiophene rings is 1. The van der Waals surface area contributed by atoms with Crippen LogP contribution in [-0.2, 0) is 16.7 Å². The van der Waals surface area contributed by atoms with Gasteiger partial charge in [0.25, 0.3) is 0 Å². The van der Waals surface area contributed by atoms with Gasteiger partial charge >= 0.3 is 15.6 Å². The molecule has 0 bridgehead atoms. The van der Waals surface area contributed by atoms with Crippen LogP contribution in [0.25, 0.3) is 20.7 Å². The van der Waals surface area contributed by atoms with E-state index < -0.39 is 15.6 Å². The summed E-state index contributed by atoms with van der Waals surface area (Å²) in [6.45, 7) is 3.43. The number of hydrogen-bond donors (Lipinski definition) is 3. The maximum Gasteiger partial charge on any atom is 0.522 e. The molecule has 1 aliphatic heterocycles. The minimum atomic E-state index is -5.84. The summed E-state index contributed by atoms with van der Waals surface area (Å²) in [5.74, 6) is 0.822. The molecule has 1 saturated heterocycles. The van der Waals surface area contributed by atoms with E-state index in [4.69, 9.17) is 24.6 Å². The van der Waals surface area contributed by atoms with Gasteiger partial charge in [0.2, 0.25) is 0 Å². The lowest BCUT2D eigenvalue weighted by Gasteiger charge is -2.14. The number of anilines is 2. The molecule has 0 radical (unpaired) electrons. The van der Waals surface area contributed by atoms with Gasteiger partial charge in [0, 0.05) is 17.5 Å². The van der Waals surface area contributed by atoms with E-state index in [1.807, 2.05) is 0 Å². The first-order valence-electron chi connectivity index (χ1n) is 11.3. The predicted octanol–water partition coefficient (Wildman–Crippen LogP) is 6.45. The summed E-state index contributed by atoms with van der Waals surface area (Å²) in [7, 11) is -5.84. The molecule has 0 amide bonds. The van der Waals surface area contributed by atoms with Crippen molar-refractivity contribution in [1.29, 1.82) is 0 Å². The van der Waals surface area contributed by atoms with Crippen LogP contribution < -0.4 is 5.32 Å². The number of halogens is 4. The van der Waals surface area contributed by atoms with Gasteiger partial charge in [-0.15, -0.1) is 11.3 Å². The molecule has 0 atom stereocenters. The Hall–Kier alpha value is -2.97. The minimum Gasteiger partial charge on any atom is -0.508 e. The Morgan fingerprint density at radius 3 is 2.34 bits per heavy atom. The number of benzene rings is 2. The van der Waals surface area contributed by atoms with Crippen LogP contribution in [0.4, 0.5) is 24.7 Å². The van der Waals surface area contributed by atoms with Gasteiger partial charge in [0.05, 0.1) is 20.9 Å². The van der Waals surface area contributed by atoms with Crippen molar-refractivity contribution < 1.29 is 31.2 Å². The van der Waals surface area contributed by atoms with Crippen molar-refractivity contribution >= 4 is 54.8 Å². The van der Waals surface area contributed by atoms with Gasteiger partial charge < -0.3 is 10.4 Å². The number of likely N-dealkylation sites (tertiary alicyclic amines) is 1. The number of aromatic nitrogens is 2. The molecule has 0 aliphatic carbocycles. The first-order valence-corrected chi connectivity index (χ1v) is 13.9. The molecule has 0 unspecified atom stereocenters. The molecule has 38 heavy (non-hydrogen) atoms. The number of alkyl halides is 3. The zero-order valence-electron chi connectivity index (χ0n) is 19.6. The molecule has 2 aromatic carbocycles. The van der Waals surface area contributed by atoms with Gasteiger partial charge in [-0.2, -0.15) is 21.6 Å². The predicted molar refractivity (Wildman–Crippen MR) is 141 cm³/mol. The summed E-state index contributed by atoms with van der Waals surface area (Å²) < 4.78 is 58.5. The van der Waals surface area contributed by atoms with E-state index in [9.17, 15) is 18.3 Å². The Labute approximate surface area is 225 Å². The summed E-state index contributed by atoms with van der Waals surface area (Å²) in [4.78, 5) is 12.5. The number of rotatable bonds is 5. The van der Waals surface area contributed by atoms with Crippen molar-refractivity contribution in [2.75, 3.05) is 18.4 Å². The summed E-state index contributed by atoms with van der Waals surface area (Å²) >= 11 is 7.90. The van der Waals surface area contributed by atoms with Crippen molar-refractivity contribution in [3.63, 3.8) is 0 Å². The van der Waals surface area contributed by atoms with Crippen molar-refractivity contribution in [1.82, 2.24) is 14.9 Å². The molecule has 202 valence electrons. The molecule has 3 N–H and O–H groups in total. The fourth-order valence-electron chi connectivity index (χ4n) is 3.80. The van der Waals surface area contributed by atoms with Crippen LogP contribution in [0.5, 0.6) is 5.75 Å². The number of nitrogens with zero attached hydrogens (tertiary/aromatic N) is 3. The molecule has 0 spiro atoms. The van der Waals surface area contributed by atoms with Crippen LogP contribution in [0, 0.1) is 0 Å². The van der Waals surface area contributed by atoms with Gasteiger partial charge in [0.15, 0.2) is 5.82 Å². The molecule has 8 nitrogen and oxygen atoms in total. The number of fused-ring (bicyclic) bond motifs is 1. The fourth-order valence-corrected chi connectivity index (χ4v) is 5.02. The van der Waals surface area contributed by atoms with E-state index in [1.54, 1.807) is 29.5 Å². The zero-order valence-corrected chi connectivity index (χ0v) is 22.0. The van der Waals surface area contributed by atoms with Crippen LogP contribution in [0.3, 0.4) is 0 Å². The van der Waals surface area contributed by atoms with Gasteiger partial charge in [-0.05, 0) is 55.3 Å². The zero-order chi connectivity index (χ0) is 27.5. The highest BCUT2D eigenvalue weighted by Crippen LogP contribution is 2.38. The summed E-state index contributed by atoms with van der Waals surface area (Å²) in [5.41, 5.74) is -1.53. The Morgan fingerprint density at radius 2 is 1.71 bits per heavy atom. The lowest BCUT2D eigenvalue weighted by molar-refractivity contribution is -0.0510. The Kier molecular flexibility index (Phi) is 8.43. The van der Waals surface area contributed by atoms with Crippen molar-refractivity contribution in [2.24, 2.45) is 0 Å². The topological polar surface area (TPSA) is 116 Å². The lowest BCUT2D eigenvalue weighted by Crippen LogP contribution is -2.21. The van der Waals surface area contributed by atoms with E-state index in [-0.39, 0.29) is 5.75 Å². The lowest BCUT2D eigenvalue weighted by atomic mass is 10.1. The average molecular weight is 587 g/mol. The number of aromatic hydroxyl groups is 1. The number of hydrogen-bond acceptors (Lipinski definition) is 8. The third-order valence-corrected chi connectivity index (χ3v) is 7.74. The minimum absolute atomic E-state index is 0.146. The largest absolute Gasteiger partial charge is 0.522 e. The van der Waals surface area contributed by atoms with Gasteiger partial charge in [-0.3, -0.25) is 9.45 Å². The Balaban J connectivity index is 0.000000368. The monoisotopic (exact) mass is 586 g/mol. The van der Waals surface area contributed by atoms with Gasteiger partial charge in [-0.1, -0.05) is 35.9 Å². The van der Waals surface area contributed by atoms with Crippen LogP contribution in [-0.4, -0.2) is 51.5 Å². The fraction of sp³-hybridized carbons (Fsp3) is 0.250. The average Bonchev–Trinajstić information content (AvgIpc) is 3.52. The van der Waals surface area contributed by atoms with Crippen molar-refractivity contribution in [3.8, 4) is 16.2 Å². The highest BCUT2D eigenvalue weighted by atomic mass is 35.5. The Bertz CT molecular complexity index is 1520. The second-order valence-corrected chi connectivity index (χ2v) is 11.3. The van der Waals surface area contributed by atoms with Gasteiger partial charge in [-0.25, -0.2) is 9.97 Å². The molecule has 3 heterocycles. The number of phenolic OH excluding ortho intramolecular Hbond substituents is 1. The summed E-state index contributed by atoms with van der Waals surface area (Å²) in [6, 6.07) is 15.7. The summed E-state index contributed by atoms with van der Waals surface area (Å²) in [6.07, 6.45) is 4.16. The second kappa shape index (κ2) is 11.4. The maximum atomic E-state index is 10.7. The normalized spacial score (nSPS) is 14.3. The molecule has 14 heteroatoms. The molecule has 4 aromatic rings. The van der Waals surface area contributed by atoms with Crippen molar-refractivity contribution in [2.45, 2.75) is 24.9 Å². The first kappa shape index (κ1) is 28.0. The highest BCUT2D eigenvalue weighted by Gasteiger charge is 2.44. The van der Waals surface area contributed by atoms with E-state index >= 15 is 0 Å². The number of phenols is 1. The van der Waals surface area contributed by atoms with Crippen LogP contribution >= 0.6 is 22.9 Å². The standard InChI is InChI=1S/C23H21ClN4OS.CHF3O3S/c24-18-8-7-17(29)11-19(18)27-23-22-20(25-14-26-23)12-21(30-22)16-5-3-15(4-6-16)13-28-9-1-2-10-28;2-1(3,4)8(5,6)7/h3-8,11-12,14,29H,1-2,9-10,13H2,(H,25,26,27);(H,5,6,7). The Morgan fingerprint density at radius 1 is 1.05 bits per heavy atom. The maximum absolute atomic E-state index is 10.7. The SMILES string of the molecule is O=S(=O)(O)C(F)(F)F.Oc1ccc(Cl)c(Nc2ncnc3cc(-c4ccc(CN5CCCC5)cc4)sc23)c1. The van der Waals surface area contributed by atoms with E-state index in [1.165, 1.54) is 43.4 Å². The molecule has 2 aromatic heterocycles. The molecule has 5 rings (SSSR count). The number of nitrogens with one attached hydrogen (secondary N) is 1. The second-order valence-electron chi connectivity index (χ2n) is 8.44.